The first-order valence-electron chi connectivity index (χ1n) is 4.27. The van der Waals surface area contributed by atoms with E-state index < -0.39 is 0 Å². The van der Waals surface area contributed by atoms with E-state index in [1.54, 1.807) is 6.26 Å². The molecule has 0 saturated heterocycles. The fourth-order valence-electron chi connectivity index (χ4n) is 1.24. The lowest BCUT2D eigenvalue weighted by Gasteiger charge is -2.00. The van der Waals surface area contributed by atoms with Crippen LogP contribution >= 0.6 is 12.2 Å². The third kappa shape index (κ3) is 1.62. The molecule has 0 amide bonds. The molecule has 0 spiro atoms. The van der Waals surface area contributed by atoms with Crippen molar-refractivity contribution in [2.45, 2.75) is 6.54 Å². The highest BCUT2D eigenvalue weighted by molar-refractivity contribution is 7.71. The highest BCUT2D eigenvalue weighted by Gasteiger charge is 2.01. The largest absolute Gasteiger partial charge is 0.463 e. The molecule has 3 nitrogen and oxygen atoms in total. The van der Waals surface area contributed by atoms with E-state index in [0.717, 1.165) is 17.0 Å². The number of aromatic amines is 1. The lowest BCUT2D eigenvalue weighted by Crippen LogP contribution is -1.98. The van der Waals surface area contributed by atoms with Crippen LogP contribution in [0.15, 0.2) is 34.9 Å². The summed E-state index contributed by atoms with van der Waals surface area (Å²) in [6.45, 7) is 0.452. The number of furan rings is 1. The van der Waals surface area contributed by atoms with E-state index in [1.807, 2.05) is 24.3 Å². The Balaban J connectivity index is 2.48. The maximum atomic E-state index is 5.51. The number of hydrogen-bond donors (Lipinski definition) is 2. The Labute approximate surface area is 86.6 Å². The SMILES string of the molecule is NCc1ccc(-c2ccco2)[nH]c1=S. The van der Waals surface area contributed by atoms with Crippen LogP contribution in [0, 0.1) is 4.64 Å². The quantitative estimate of drug-likeness (QED) is 0.742. The predicted molar refractivity (Wildman–Crippen MR) is 57.2 cm³/mol. The number of H-pyrrole nitrogens is 1. The van der Waals surface area contributed by atoms with Crippen LogP contribution in [0.4, 0.5) is 0 Å². The van der Waals surface area contributed by atoms with Gasteiger partial charge in [0.25, 0.3) is 0 Å². The van der Waals surface area contributed by atoms with Crippen molar-refractivity contribution < 1.29 is 4.42 Å². The second-order valence-corrected chi connectivity index (χ2v) is 3.32. The number of nitrogens with one attached hydrogen (secondary N) is 1. The van der Waals surface area contributed by atoms with Gasteiger partial charge in [0.2, 0.25) is 0 Å². The van der Waals surface area contributed by atoms with Crippen LogP contribution in [0.3, 0.4) is 0 Å². The summed E-state index contributed by atoms with van der Waals surface area (Å²) in [4.78, 5) is 3.07. The molecule has 0 fully saturated rings. The first kappa shape index (κ1) is 9.18. The third-order valence-electron chi connectivity index (χ3n) is 2.00. The summed E-state index contributed by atoms with van der Waals surface area (Å²) in [7, 11) is 0. The molecule has 72 valence electrons. The Morgan fingerprint density at radius 2 is 2.21 bits per heavy atom. The molecule has 14 heavy (non-hydrogen) atoms. The first-order chi connectivity index (χ1) is 6.81. The number of hydrogen-bond acceptors (Lipinski definition) is 3. The van der Waals surface area contributed by atoms with Gasteiger partial charge in [-0.15, -0.1) is 0 Å². The Hall–Kier alpha value is -1.39. The Morgan fingerprint density at radius 3 is 2.79 bits per heavy atom. The zero-order valence-electron chi connectivity index (χ0n) is 7.49. The van der Waals surface area contributed by atoms with Crippen LogP contribution in [0.5, 0.6) is 0 Å². The van der Waals surface area contributed by atoms with Gasteiger partial charge in [-0.25, -0.2) is 0 Å². The smallest absolute Gasteiger partial charge is 0.150 e. The summed E-state index contributed by atoms with van der Waals surface area (Å²) in [5.74, 6) is 0.777. The highest BCUT2D eigenvalue weighted by Crippen LogP contribution is 2.17. The van der Waals surface area contributed by atoms with Crippen molar-refractivity contribution in [3.8, 4) is 11.5 Å². The zero-order valence-corrected chi connectivity index (χ0v) is 8.30. The molecule has 2 aromatic rings. The van der Waals surface area contributed by atoms with Crippen molar-refractivity contribution in [3.63, 3.8) is 0 Å². The third-order valence-corrected chi connectivity index (χ3v) is 2.36. The van der Waals surface area contributed by atoms with Crippen LogP contribution < -0.4 is 5.73 Å². The van der Waals surface area contributed by atoms with Crippen molar-refractivity contribution in [2.75, 3.05) is 0 Å². The maximum absolute atomic E-state index is 5.51. The molecule has 0 aromatic carbocycles. The summed E-state index contributed by atoms with van der Waals surface area (Å²) in [5, 5.41) is 0. The van der Waals surface area contributed by atoms with Gasteiger partial charge < -0.3 is 15.1 Å². The van der Waals surface area contributed by atoms with Gasteiger partial charge in [0.05, 0.1) is 12.0 Å². The molecule has 2 aromatic heterocycles. The number of pyridine rings is 1. The van der Waals surface area contributed by atoms with Gasteiger partial charge in [-0.05, 0) is 18.2 Å². The van der Waals surface area contributed by atoms with Crippen molar-refractivity contribution in [2.24, 2.45) is 5.73 Å². The Bertz CT molecular complexity index is 473. The molecule has 0 radical (unpaired) electrons. The first-order valence-corrected chi connectivity index (χ1v) is 4.68. The molecule has 2 rings (SSSR count). The monoisotopic (exact) mass is 206 g/mol. The number of nitrogens with two attached hydrogens (primary N) is 1. The molecule has 0 aliphatic rings. The molecular weight excluding hydrogens is 196 g/mol. The van der Waals surface area contributed by atoms with Gasteiger partial charge in [0.15, 0.2) is 0 Å². The number of aromatic nitrogens is 1. The van der Waals surface area contributed by atoms with Gasteiger partial charge in [0, 0.05) is 12.1 Å². The van der Waals surface area contributed by atoms with E-state index >= 15 is 0 Å². The number of rotatable bonds is 2. The van der Waals surface area contributed by atoms with Crippen molar-refractivity contribution >= 4 is 12.2 Å². The average molecular weight is 206 g/mol. The van der Waals surface area contributed by atoms with Gasteiger partial charge in [-0.2, -0.15) is 0 Å². The molecule has 0 bridgehead atoms. The van der Waals surface area contributed by atoms with Gasteiger partial charge >= 0.3 is 0 Å². The molecule has 0 saturated carbocycles. The van der Waals surface area contributed by atoms with Crippen LogP contribution in [0.2, 0.25) is 0 Å². The van der Waals surface area contributed by atoms with Crippen LogP contribution in [-0.4, -0.2) is 4.98 Å². The van der Waals surface area contributed by atoms with E-state index in [-0.39, 0.29) is 0 Å². The summed E-state index contributed by atoms with van der Waals surface area (Å²) in [6, 6.07) is 7.54. The normalized spacial score (nSPS) is 10.4. The lowest BCUT2D eigenvalue weighted by atomic mass is 10.2. The second-order valence-electron chi connectivity index (χ2n) is 2.91. The van der Waals surface area contributed by atoms with Crippen molar-refractivity contribution in [3.05, 3.63) is 40.7 Å². The summed E-state index contributed by atoms with van der Waals surface area (Å²) >= 11 is 5.14. The summed E-state index contributed by atoms with van der Waals surface area (Å²) in [5.41, 5.74) is 7.32. The summed E-state index contributed by atoms with van der Waals surface area (Å²) in [6.07, 6.45) is 1.63. The fraction of sp³-hybridized carbons (Fsp3) is 0.100. The molecule has 2 heterocycles. The van der Waals surface area contributed by atoms with E-state index in [9.17, 15) is 0 Å². The second kappa shape index (κ2) is 3.77. The van der Waals surface area contributed by atoms with E-state index in [0.29, 0.717) is 11.2 Å². The van der Waals surface area contributed by atoms with Gasteiger partial charge in [0.1, 0.15) is 10.4 Å². The highest BCUT2D eigenvalue weighted by atomic mass is 32.1. The van der Waals surface area contributed by atoms with Crippen LogP contribution in [-0.2, 0) is 6.54 Å². The van der Waals surface area contributed by atoms with Crippen LogP contribution in [0.1, 0.15) is 5.56 Å². The standard InChI is InChI=1S/C10H10N2OS/c11-6-7-3-4-8(12-10(7)14)9-2-1-5-13-9/h1-5H,6,11H2,(H,12,14). The Kier molecular flexibility index (Phi) is 2.47. The molecule has 0 unspecified atom stereocenters. The van der Waals surface area contributed by atoms with Crippen molar-refractivity contribution in [1.82, 2.24) is 4.98 Å². The molecule has 0 aliphatic carbocycles. The minimum atomic E-state index is 0.452. The Morgan fingerprint density at radius 1 is 1.36 bits per heavy atom. The minimum absolute atomic E-state index is 0.452. The van der Waals surface area contributed by atoms with Gasteiger partial charge in [-0.3, -0.25) is 0 Å². The maximum Gasteiger partial charge on any atom is 0.150 e. The molecule has 0 aliphatic heterocycles. The lowest BCUT2D eigenvalue weighted by molar-refractivity contribution is 0.580. The van der Waals surface area contributed by atoms with Gasteiger partial charge in [-0.1, -0.05) is 18.3 Å². The van der Waals surface area contributed by atoms with Crippen LogP contribution in [0.25, 0.3) is 11.5 Å². The molecule has 3 N–H and O–H groups in total. The predicted octanol–water partition coefficient (Wildman–Crippen LogP) is 2.46. The minimum Gasteiger partial charge on any atom is -0.463 e. The molecule has 0 atom stereocenters. The van der Waals surface area contributed by atoms with E-state index in [2.05, 4.69) is 4.98 Å². The molecular formula is C10H10N2OS. The fourth-order valence-corrected chi connectivity index (χ4v) is 1.50. The topological polar surface area (TPSA) is 54.9 Å². The zero-order chi connectivity index (χ0) is 9.97. The van der Waals surface area contributed by atoms with Crippen molar-refractivity contribution in [1.29, 1.82) is 0 Å². The average Bonchev–Trinajstić information content (AvgIpc) is 2.70. The van der Waals surface area contributed by atoms with E-state index in [1.165, 1.54) is 0 Å². The van der Waals surface area contributed by atoms with E-state index in [4.69, 9.17) is 22.4 Å². The summed E-state index contributed by atoms with van der Waals surface area (Å²) < 4.78 is 5.91. The molecule has 4 heteroatoms.